The van der Waals surface area contributed by atoms with Crippen molar-refractivity contribution in [2.75, 3.05) is 26.2 Å². The van der Waals surface area contributed by atoms with Crippen LogP contribution >= 0.6 is 0 Å². The van der Waals surface area contributed by atoms with Crippen LogP contribution in [0.15, 0.2) is 30.3 Å². The second-order valence-electron chi connectivity index (χ2n) is 5.80. The van der Waals surface area contributed by atoms with Gasteiger partial charge in [-0.1, -0.05) is 30.3 Å². The smallest absolute Gasteiger partial charge is 0.335 e. The van der Waals surface area contributed by atoms with E-state index in [4.69, 9.17) is 0 Å². The van der Waals surface area contributed by atoms with Crippen molar-refractivity contribution in [1.29, 1.82) is 0 Å². The van der Waals surface area contributed by atoms with Crippen molar-refractivity contribution in [3.05, 3.63) is 35.9 Å². The fraction of sp³-hybridized carbons (Fsp3) is 0.562. The zero-order valence-corrected chi connectivity index (χ0v) is 12.9. The standard InChI is InChI=1S/C16H20F4N2O/c1-2-22(15(23)16(18,19)20)10-13-9-21(11-14(13)17)8-12-6-4-3-5-7-12/h3-7,13-14H,2,8-11H2,1H3/t13-,14+/m0/s1. The Morgan fingerprint density at radius 1 is 1.26 bits per heavy atom. The molecule has 1 fully saturated rings. The third-order valence-electron chi connectivity index (χ3n) is 4.05. The largest absolute Gasteiger partial charge is 0.471 e. The summed E-state index contributed by atoms with van der Waals surface area (Å²) in [4.78, 5) is 13.9. The van der Waals surface area contributed by atoms with Gasteiger partial charge in [-0.25, -0.2) is 4.39 Å². The molecule has 0 spiro atoms. The molecule has 0 radical (unpaired) electrons. The number of nitrogens with zero attached hydrogens (tertiary/aromatic N) is 2. The summed E-state index contributed by atoms with van der Waals surface area (Å²) in [6.45, 7) is 2.25. The maximum Gasteiger partial charge on any atom is 0.471 e. The molecule has 0 bridgehead atoms. The van der Waals surface area contributed by atoms with Gasteiger partial charge in [0.25, 0.3) is 0 Å². The van der Waals surface area contributed by atoms with Crippen molar-refractivity contribution in [2.24, 2.45) is 5.92 Å². The number of carbonyl (C=O) groups excluding carboxylic acids is 1. The van der Waals surface area contributed by atoms with Gasteiger partial charge < -0.3 is 4.90 Å². The summed E-state index contributed by atoms with van der Waals surface area (Å²) in [5.41, 5.74) is 1.03. The molecular weight excluding hydrogens is 312 g/mol. The summed E-state index contributed by atoms with van der Waals surface area (Å²) in [6, 6.07) is 9.50. The highest BCUT2D eigenvalue weighted by Crippen LogP contribution is 2.25. The predicted octanol–water partition coefficient (Wildman–Crippen LogP) is 2.87. The fourth-order valence-electron chi connectivity index (χ4n) is 2.88. The Balaban J connectivity index is 1.94. The maximum absolute atomic E-state index is 14.1. The van der Waals surface area contributed by atoms with Crippen LogP contribution in [0.5, 0.6) is 0 Å². The van der Waals surface area contributed by atoms with E-state index in [9.17, 15) is 22.4 Å². The molecule has 2 atom stereocenters. The van der Waals surface area contributed by atoms with Gasteiger partial charge in [0.05, 0.1) is 0 Å². The molecule has 2 rings (SSSR count). The Hall–Kier alpha value is -1.63. The molecule has 1 aliphatic heterocycles. The zero-order valence-electron chi connectivity index (χ0n) is 12.9. The van der Waals surface area contributed by atoms with Crippen LogP contribution in [0.25, 0.3) is 0 Å². The van der Waals surface area contributed by atoms with Crippen LogP contribution in [0.1, 0.15) is 12.5 Å². The predicted molar refractivity (Wildman–Crippen MR) is 78.4 cm³/mol. The normalized spacial score (nSPS) is 22.3. The highest BCUT2D eigenvalue weighted by atomic mass is 19.4. The number of likely N-dealkylation sites (tertiary alicyclic amines) is 1. The van der Waals surface area contributed by atoms with Crippen LogP contribution in [-0.4, -0.2) is 54.2 Å². The molecule has 0 unspecified atom stereocenters. The Labute approximate surface area is 132 Å². The molecule has 0 N–H and O–H groups in total. The molecule has 128 valence electrons. The quantitative estimate of drug-likeness (QED) is 0.774. The average Bonchev–Trinajstić information content (AvgIpc) is 2.83. The first-order chi connectivity index (χ1) is 10.8. The molecule has 0 aromatic heterocycles. The molecule has 0 aliphatic carbocycles. The lowest BCUT2D eigenvalue weighted by atomic mass is 10.1. The lowest BCUT2D eigenvalue weighted by Crippen LogP contribution is -2.44. The van der Waals surface area contributed by atoms with E-state index in [2.05, 4.69) is 0 Å². The van der Waals surface area contributed by atoms with Gasteiger partial charge in [0, 0.05) is 38.6 Å². The van der Waals surface area contributed by atoms with Gasteiger partial charge in [0.2, 0.25) is 0 Å². The van der Waals surface area contributed by atoms with E-state index < -0.39 is 24.2 Å². The molecule has 1 saturated heterocycles. The van der Waals surface area contributed by atoms with E-state index >= 15 is 0 Å². The molecule has 1 aromatic carbocycles. The van der Waals surface area contributed by atoms with Gasteiger partial charge in [-0.3, -0.25) is 9.69 Å². The van der Waals surface area contributed by atoms with E-state index in [1.54, 1.807) is 0 Å². The molecule has 0 saturated carbocycles. The third kappa shape index (κ3) is 4.67. The van der Waals surface area contributed by atoms with Crippen LogP contribution in [0.3, 0.4) is 0 Å². The third-order valence-corrected chi connectivity index (χ3v) is 4.05. The first kappa shape index (κ1) is 17.7. The Morgan fingerprint density at radius 3 is 2.48 bits per heavy atom. The van der Waals surface area contributed by atoms with Gasteiger partial charge in [-0.15, -0.1) is 0 Å². The highest BCUT2D eigenvalue weighted by molar-refractivity contribution is 5.81. The minimum absolute atomic E-state index is 0.0831. The lowest BCUT2D eigenvalue weighted by molar-refractivity contribution is -0.186. The highest BCUT2D eigenvalue weighted by Gasteiger charge is 2.44. The lowest BCUT2D eigenvalue weighted by Gasteiger charge is -2.26. The minimum atomic E-state index is -4.91. The summed E-state index contributed by atoms with van der Waals surface area (Å²) in [7, 11) is 0. The first-order valence-corrected chi connectivity index (χ1v) is 7.57. The summed E-state index contributed by atoms with van der Waals surface area (Å²) >= 11 is 0. The molecule has 1 amide bonds. The number of hydrogen-bond donors (Lipinski definition) is 0. The number of rotatable bonds is 5. The number of hydrogen-bond acceptors (Lipinski definition) is 2. The summed E-state index contributed by atoms with van der Waals surface area (Å²) in [5.74, 6) is -2.49. The van der Waals surface area contributed by atoms with Crippen LogP contribution < -0.4 is 0 Å². The number of amides is 1. The SMILES string of the molecule is CCN(C[C@@H]1CN(Cc2ccccc2)C[C@H]1F)C(=O)C(F)(F)F. The average molecular weight is 332 g/mol. The molecule has 1 heterocycles. The zero-order chi connectivity index (χ0) is 17.0. The van der Waals surface area contributed by atoms with Crippen molar-refractivity contribution in [3.8, 4) is 0 Å². The number of benzene rings is 1. The van der Waals surface area contributed by atoms with Crippen molar-refractivity contribution in [2.45, 2.75) is 25.8 Å². The van der Waals surface area contributed by atoms with Crippen molar-refractivity contribution in [1.82, 2.24) is 9.80 Å². The van der Waals surface area contributed by atoms with Gasteiger partial charge in [-0.2, -0.15) is 13.2 Å². The molecular formula is C16H20F4N2O. The van der Waals surface area contributed by atoms with Crippen LogP contribution in [-0.2, 0) is 11.3 Å². The molecule has 3 nitrogen and oxygen atoms in total. The van der Waals surface area contributed by atoms with E-state index in [1.165, 1.54) is 6.92 Å². The molecule has 7 heteroatoms. The Kier molecular flexibility index (Phi) is 5.62. The van der Waals surface area contributed by atoms with Crippen LogP contribution in [0.2, 0.25) is 0 Å². The number of carbonyl (C=O) groups is 1. The molecule has 1 aliphatic rings. The van der Waals surface area contributed by atoms with Gasteiger partial charge in [-0.05, 0) is 12.5 Å². The van der Waals surface area contributed by atoms with E-state index in [-0.39, 0.29) is 19.6 Å². The Morgan fingerprint density at radius 2 is 1.91 bits per heavy atom. The number of halogens is 4. The van der Waals surface area contributed by atoms with Gasteiger partial charge in [0.1, 0.15) is 6.17 Å². The van der Waals surface area contributed by atoms with E-state index in [0.717, 1.165) is 5.56 Å². The summed E-state index contributed by atoms with van der Waals surface area (Å²) in [6.07, 6.45) is -6.14. The maximum atomic E-state index is 14.1. The van der Waals surface area contributed by atoms with Crippen LogP contribution in [0.4, 0.5) is 17.6 Å². The molecule has 1 aromatic rings. The number of alkyl halides is 4. The second kappa shape index (κ2) is 7.29. The minimum Gasteiger partial charge on any atom is -0.335 e. The van der Waals surface area contributed by atoms with Crippen molar-refractivity contribution in [3.63, 3.8) is 0 Å². The van der Waals surface area contributed by atoms with E-state index in [1.807, 2.05) is 35.2 Å². The summed E-state index contributed by atoms with van der Waals surface area (Å²) < 4.78 is 51.7. The Bertz CT molecular complexity index is 521. The monoisotopic (exact) mass is 332 g/mol. The summed E-state index contributed by atoms with van der Waals surface area (Å²) in [5, 5.41) is 0. The fourth-order valence-corrected chi connectivity index (χ4v) is 2.88. The molecule has 23 heavy (non-hydrogen) atoms. The topological polar surface area (TPSA) is 23.6 Å². The van der Waals surface area contributed by atoms with E-state index in [0.29, 0.717) is 18.0 Å². The van der Waals surface area contributed by atoms with Crippen molar-refractivity contribution >= 4 is 5.91 Å². The second-order valence-corrected chi connectivity index (χ2v) is 5.80. The van der Waals surface area contributed by atoms with Crippen molar-refractivity contribution < 1.29 is 22.4 Å². The van der Waals surface area contributed by atoms with Crippen LogP contribution in [0, 0.1) is 5.92 Å². The van der Waals surface area contributed by atoms with Gasteiger partial charge >= 0.3 is 12.1 Å². The van der Waals surface area contributed by atoms with Gasteiger partial charge in [0.15, 0.2) is 0 Å². The first-order valence-electron chi connectivity index (χ1n) is 7.57.